The van der Waals surface area contributed by atoms with E-state index in [2.05, 4.69) is 36.2 Å². The van der Waals surface area contributed by atoms with E-state index in [0.717, 1.165) is 12.8 Å². The smallest absolute Gasteiger partial charge is 0.0247 e. The number of benzene rings is 1. The van der Waals surface area contributed by atoms with Gasteiger partial charge in [-0.2, -0.15) is 0 Å². The lowest BCUT2D eigenvalue weighted by Gasteiger charge is -2.10. The van der Waals surface area contributed by atoms with Crippen LogP contribution >= 0.6 is 0 Å². The molecule has 1 rings (SSSR count). The molecule has 1 heteroatoms. The van der Waals surface area contributed by atoms with Crippen LogP contribution in [0.25, 0.3) is 0 Å². The third-order valence-electron chi connectivity index (χ3n) is 2.24. The second-order valence-corrected chi connectivity index (χ2v) is 3.16. The van der Waals surface area contributed by atoms with Gasteiger partial charge in [-0.1, -0.05) is 36.4 Å². The molecule has 0 unspecified atom stereocenters. The first-order chi connectivity index (χ1) is 6.36. The normalized spacial score (nSPS) is 12.4. The highest BCUT2D eigenvalue weighted by molar-refractivity contribution is 5.15. The van der Waals surface area contributed by atoms with E-state index in [9.17, 15) is 0 Å². The predicted molar refractivity (Wildman–Crippen MR) is 57.8 cm³/mol. The van der Waals surface area contributed by atoms with Crippen LogP contribution < -0.4 is 5.32 Å². The Balaban J connectivity index is 2.38. The van der Waals surface area contributed by atoms with Crippen molar-refractivity contribution >= 4 is 0 Å². The molecule has 0 saturated heterocycles. The maximum atomic E-state index is 3.78. The zero-order valence-corrected chi connectivity index (χ0v) is 8.16. The summed E-state index contributed by atoms with van der Waals surface area (Å²) in [6.45, 7) is 3.78. The minimum atomic E-state index is 0.431. The molecule has 0 aromatic heterocycles. The van der Waals surface area contributed by atoms with Gasteiger partial charge in [0.15, 0.2) is 0 Å². The van der Waals surface area contributed by atoms with Gasteiger partial charge >= 0.3 is 0 Å². The number of likely N-dealkylation sites (N-methyl/N-ethyl adjacent to an activating group) is 1. The van der Waals surface area contributed by atoms with Crippen molar-refractivity contribution in [3.63, 3.8) is 0 Å². The number of nitrogens with one attached hydrogen (secondary N) is 1. The lowest BCUT2D eigenvalue weighted by atomic mass is 10.1. The van der Waals surface area contributed by atoms with Crippen molar-refractivity contribution in [2.75, 3.05) is 7.05 Å². The van der Waals surface area contributed by atoms with Gasteiger partial charge in [0, 0.05) is 6.04 Å². The van der Waals surface area contributed by atoms with E-state index in [4.69, 9.17) is 0 Å². The van der Waals surface area contributed by atoms with Crippen LogP contribution in [-0.2, 0) is 6.42 Å². The minimum Gasteiger partial charge on any atom is -0.314 e. The molecule has 1 aromatic rings. The van der Waals surface area contributed by atoms with E-state index >= 15 is 0 Å². The molecule has 0 aliphatic carbocycles. The molecule has 13 heavy (non-hydrogen) atoms. The Bertz CT molecular complexity index is 241. The van der Waals surface area contributed by atoms with Gasteiger partial charge in [0.1, 0.15) is 0 Å². The van der Waals surface area contributed by atoms with Gasteiger partial charge in [0.05, 0.1) is 0 Å². The summed E-state index contributed by atoms with van der Waals surface area (Å²) in [5.74, 6) is 0. The van der Waals surface area contributed by atoms with Gasteiger partial charge in [0.25, 0.3) is 0 Å². The first-order valence-corrected chi connectivity index (χ1v) is 4.70. The first kappa shape index (κ1) is 10.0. The molecule has 0 heterocycles. The van der Waals surface area contributed by atoms with E-state index in [0.29, 0.717) is 6.04 Å². The Kier molecular flexibility index (Phi) is 4.27. The van der Waals surface area contributed by atoms with Crippen molar-refractivity contribution in [1.29, 1.82) is 0 Å². The molecular formula is C12H17N. The monoisotopic (exact) mass is 175 g/mol. The third-order valence-corrected chi connectivity index (χ3v) is 2.24. The quantitative estimate of drug-likeness (QED) is 0.678. The van der Waals surface area contributed by atoms with E-state index in [1.165, 1.54) is 5.56 Å². The molecule has 0 saturated carbocycles. The Morgan fingerprint density at radius 1 is 1.38 bits per heavy atom. The van der Waals surface area contributed by atoms with Crippen molar-refractivity contribution in [3.8, 4) is 0 Å². The number of rotatable bonds is 5. The summed E-state index contributed by atoms with van der Waals surface area (Å²) in [7, 11) is 1.97. The number of hydrogen-bond donors (Lipinski definition) is 1. The Labute approximate surface area is 80.5 Å². The average Bonchev–Trinajstić information content (AvgIpc) is 2.21. The maximum absolute atomic E-state index is 3.78. The molecule has 0 fully saturated rings. The molecule has 0 spiro atoms. The highest BCUT2D eigenvalue weighted by atomic mass is 14.8. The highest BCUT2D eigenvalue weighted by Gasteiger charge is 1.99. The standard InChI is InChI=1S/C12H17N/c1-3-12(13-2)10-9-11-7-5-4-6-8-11/h3-8,12-13H,1,9-10H2,2H3/t12-/m1/s1. The van der Waals surface area contributed by atoms with Crippen LogP contribution in [0.15, 0.2) is 43.0 Å². The fourth-order valence-electron chi connectivity index (χ4n) is 1.35. The number of aryl methyl sites for hydroxylation is 1. The van der Waals surface area contributed by atoms with E-state index in [1.54, 1.807) is 0 Å². The molecule has 0 aliphatic rings. The molecule has 0 bridgehead atoms. The average molecular weight is 175 g/mol. The zero-order valence-electron chi connectivity index (χ0n) is 8.16. The van der Waals surface area contributed by atoms with Crippen molar-refractivity contribution in [2.45, 2.75) is 18.9 Å². The minimum absolute atomic E-state index is 0.431. The topological polar surface area (TPSA) is 12.0 Å². The lowest BCUT2D eigenvalue weighted by Crippen LogP contribution is -2.22. The highest BCUT2D eigenvalue weighted by Crippen LogP contribution is 2.04. The van der Waals surface area contributed by atoms with E-state index in [1.807, 2.05) is 19.2 Å². The second kappa shape index (κ2) is 5.55. The summed E-state index contributed by atoms with van der Waals surface area (Å²) in [5, 5.41) is 3.20. The first-order valence-electron chi connectivity index (χ1n) is 4.70. The third kappa shape index (κ3) is 3.43. The van der Waals surface area contributed by atoms with Crippen LogP contribution in [0.1, 0.15) is 12.0 Å². The Morgan fingerprint density at radius 3 is 2.62 bits per heavy atom. The van der Waals surface area contributed by atoms with E-state index < -0.39 is 0 Å². The molecule has 1 N–H and O–H groups in total. The maximum Gasteiger partial charge on any atom is 0.0247 e. The van der Waals surface area contributed by atoms with Crippen LogP contribution in [0.5, 0.6) is 0 Å². The Morgan fingerprint density at radius 2 is 2.08 bits per heavy atom. The lowest BCUT2D eigenvalue weighted by molar-refractivity contribution is 0.615. The summed E-state index contributed by atoms with van der Waals surface area (Å²) in [5.41, 5.74) is 1.39. The van der Waals surface area contributed by atoms with Gasteiger partial charge < -0.3 is 5.32 Å². The summed E-state index contributed by atoms with van der Waals surface area (Å²) >= 11 is 0. The van der Waals surface area contributed by atoms with Gasteiger partial charge in [0.2, 0.25) is 0 Å². The number of hydrogen-bond acceptors (Lipinski definition) is 1. The second-order valence-electron chi connectivity index (χ2n) is 3.16. The van der Waals surface area contributed by atoms with Crippen LogP contribution in [0.3, 0.4) is 0 Å². The molecule has 1 atom stereocenters. The Hall–Kier alpha value is -1.08. The van der Waals surface area contributed by atoms with Crippen molar-refractivity contribution < 1.29 is 0 Å². The predicted octanol–water partition coefficient (Wildman–Crippen LogP) is 2.39. The van der Waals surface area contributed by atoms with Crippen molar-refractivity contribution in [2.24, 2.45) is 0 Å². The molecular weight excluding hydrogens is 158 g/mol. The van der Waals surface area contributed by atoms with Crippen LogP contribution in [0.2, 0.25) is 0 Å². The fraction of sp³-hybridized carbons (Fsp3) is 0.333. The fourth-order valence-corrected chi connectivity index (χ4v) is 1.35. The summed E-state index contributed by atoms with van der Waals surface area (Å²) in [4.78, 5) is 0. The van der Waals surface area contributed by atoms with Gasteiger partial charge in [-0.15, -0.1) is 6.58 Å². The van der Waals surface area contributed by atoms with Crippen LogP contribution in [-0.4, -0.2) is 13.1 Å². The van der Waals surface area contributed by atoms with Gasteiger partial charge in [-0.3, -0.25) is 0 Å². The van der Waals surface area contributed by atoms with Crippen LogP contribution in [0, 0.1) is 0 Å². The van der Waals surface area contributed by atoms with E-state index in [-0.39, 0.29) is 0 Å². The SMILES string of the molecule is C=C[C@H](CCc1ccccc1)NC. The van der Waals surface area contributed by atoms with Gasteiger partial charge in [-0.25, -0.2) is 0 Å². The molecule has 70 valence electrons. The molecule has 1 aromatic carbocycles. The summed E-state index contributed by atoms with van der Waals surface area (Å²) in [6.07, 6.45) is 4.19. The molecule has 1 nitrogen and oxygen atoms in total. The molecule has 0 radical (unpaired) electrons. The van der Waals surface area contributed by atoms with Crippen LogP contribution in [0.4, 0.5) is 0 Å². The summed E-state index contributed by atoms with van der Waals surface area (Å²) in [6, 6.07) is 11.0. The molecule has 0 aliphatic heterocycles. The zero-order chi connectivity index (χ0) is 9.52. The van der Waals surface area contributed by atoms with Gasteiger partial charge in [-0.05, 0) is 25.5 Å². The van der Waals surface area contributed by atoms with Crippen molar-refractivity contribution in [1.82, 2.24) is 5.32 Å². The van der Waals surface area contributed by atoms with Crippen molar-refractivity contribution in [3.05, 3.63) is 48.6 Å². The largest absolute Gasteiger partial charge is 0.314 e. The summed E-state index contributed by atoms with van der Waals surface area (Å²) < 4.78 is 0. The molecule has 0 amide bonds.